The SMILES string of the molecule is CCOc1cc(C=Nn2c([C@@H](C)CC)nc3ccc(Br)cc3c2=O)c(Br)cc1Oc1ccc([N+](=O)[O-])cn1. The molecule has 0 aliphatic heterocycles. The Morgan fingerprint density at radius 3 is 2.61 bits per heavy atom. The van der Waals surface area contributed by atoms with Crippen molar-refractivity contribution in [1.29, 1.82) is 0 Å². The highest BCUT2D eigenvalue weighted by Gasteiger charge is 2.17. The van der Waals surface area contributed by atoms with Crippen molar-refractivity contribution in [2.75, 3.05) is 6.61 Å². The van der Waals surface area contributed by atoms with E-state index in [-0.39, 0.29) is 23.0 Å². The molecule has 1 atom stereocenters. The van der Waals surface area contributed by atoms with Crippen molar-refractivity contribution in [1.82, 2.24) is 14.6 Å². The molecular formula is C26H23Br2N5O5. The lowest BCUT2D eigenvalue weighted by molar-refractivity contribution is -0.385. The van der Waals surface area contributed by atoms with Gasteiger partial charge in [0.15, 0.2) is 11.5 Å². The van der Waals surface area contributed by atoms with E-state index in [0.717, 1.165) is 17.1 Å². The van der Waals surface area contributed by atoms with Gasteiger partial charge in [0, 0.05) is 32.6 Å². The zero-order valence-electron chi connectivity index (χ0n) is 20.7. The zero-order chi connectivity index (χ0) is 27.4. The predicted octanol–water partition coefficient (Wildman–Crippen LogP) is 6.81. The topological polar surface area (TPSA) is 122 Å². The molecule has 0 fully saturated rings. The second-order valence-electron chi connectivity index (χ2n) is 8.27. The molecular weight excluding hydrogens is 622 g/mol. The molecule has 0 bridgehead atoms. The summed E-state index contributed by atoms with van der Waals surface area (Å²) in [5.74, 6) is 1.50. The number of ether oxygens (including phenoxy) is 2. The van der Waals surface area contributed by atoms with Crippen molar-refractivity contribution in [3.8, 4) is 17.4 Å². The van der Waals surface area contributed by atoms with Gasteiger partial charge in [0.2, 0.25) is 5.88 Å². The summed E-state index contributed by atoms with van der Waals surface area (Å²) in [6, 6.07) is 11.5. The van der Waals surface area contributed by atoms with Gasteiger partial charge in [-0.3, -0.25) is 14.9 Å². The van der Waals surface area contributed by atoms with Crippen molar-refractivity contribution >= 4 is 54.7 Å². The van der Waals surface area contributed by atoms with E-state index < -0.39 is 4.92 Å². The Hall–Kier alpha value is -3.64. The van der Waals surface area contributed by atoms with Crippen LogP contribution in [-0.4, -0.2) is 32.4 Å². The van der Waals surface area contributed by atoms with E-state index in [9.17, 15) is 14.9 Å². The molecule has 0 aliphatic rings. The molecule has 10 nitrogen and oxygen atoms in total. The van der Waals surface area contributed by atoms with E-state index in [2.05, 4.69) is 41.9 Å². The second kappa shape index (κ2) is 11.8. The Labute approximate surface area is 234 Å². The molecule has 2 aromatic carbocycles. The summed E-state index contributed by atoms with van der Waals surface area (Å²) in [5, 5.41) is 15.9. The van der Waals surface area contributed by atoms with Gasteiger partial charge < -0.3 is 9.47 Å². The largest absolute Gasteiger partial charge is 0.490 e. The van der Waals surface area contributed by atoms with Crippen molar-refractivity contribution in [3.63, 3.8) is 0 Å². The molecule has 0 spiro atoms. The van der Waals surface area contributed by atoms with Crippen molar-refractivity contribution in [2.24, 2.45) is 5.10 Å². The van der Waals surface area contributed by atoms with Gasteiger partial charge >= 0.3 is 0 Å². The summed E-state index contributed by atoms with van der Waals surface area (Å²) in [6.07, 6.45) is 3.46. The summed E-state index contributed by atoms with van der Waals surface area (Å²) in [4.78, 5) is 32.5. The van der Waals surface area contributed by atoms with Crippen LogP contribution < -0.4 is 15.0 Å². The molecule has 12 heteroatoms. The number of halogens is 2. The summed E-state index contributed by atoms with van der Waals surface area (Å²) < 4.78 is 14.3. The number of aromatic nitrogens is 3. The number of fused-ring (bicyclic) bond motifs is 1. The monoisotopic (exact) mass is 643 g/mol. The summed E-state index contributed by atoms with van der Waals surface area (Å²) in [5.41, 5.74) is 0.834. The Morgan fingerprint density at radius 1 is 1.16 bits per heavy atom. The minimum absolute atomic E-state index is 0.000274. The number of pyridine rings is 1. The van der Waals surface area contributed by atoms with Crippen LogP contribution in [0.1, 0.15) is 44.5 Å². The predicted molar refractivity (Wildman–Crippen MR) is 152 cm³/mol. The van der Waals surface area contributed by atoms with Crippen LogP contribution in [0.5, 0.6) is 17.4 Å². The summed E-state index contributed by atoms with van der Waals surface area (Å²) in [6.45, 7) is 6.23. The fourth-order valence-corrected chi connectivity index (χ4v) is 4.34. The van der Waals surface area contributed by atoms with E-state index >= 15 is 0 Å². The first-order valence-corrected chi connectivity index (χ1v) is 13.3. The fraction of sp³-hybridized carbons (Fsp3) is 0.231. The van der Waals surface area contributed by atoms with Crippen LogP contribution in [0, 0.1) is 10.1 Å². The maximum absolute atomic E-state index is 13.4. The first kappa shape index (κ1) is 27.4. The van der Waals surface area contributed by atoms with Crippen LogP contribution in [0.15, 0.2) is 67.5 Å². The van der Waals surface area contributed by atoms with Crippen molar-refractivity contribution in [2.45, 2.75) is 33.1 Å². The molecule has 196 valence electrons. The van der Waals surface area contributed by atoms with E-state index in [1.54, 1.807) is 24.4 Å². The molecule has 2 heterocycles. The van der Waals surface area contributed by atoms with E-state index in [1.165, 1.54) is 16.8 Å². The third kappa shape index (κ3) is 5.91. The average Bonchev–Trinajstić information content (AvgIpc) is 2.90. The minimum Gasteiger partial charge on any atom is -0.490 e. The first-order valence-electron chi connectivity index (χ1n) is 11.7. The molecule has 0 amide bonds. The van der Waals surface area contributed by atoms with E-state index in [1.807, 2.05) is 32.9 Å². The molecule has 0 radical (unpaired) electrons. The third-order valence-electron chi connectivity index (χ3n) is 5.71. The van der Waals surface area contributed by atoms with Gasteiger partial charge in [-0.05, 0) is 59.6 Å². The lowest BCUT2D eigenvalue weighted by Crippen LogP contribution is -2.23. The third-order valence-corrected chi connectivity index (χ3v) is 6.89. The van der Waals surface area contributed by atoms with Crippen LogP contribution in [0.2, 0.25) is 0 Å². The van der Waals surface area contributed by atoms with Gasteiger partial charge in [-0.15, -0.1) is 0 Å². The number of nitrogens with zero attached hydrogens (tertiary/aromatic N) is 5. The maximum Gasteiger partial charge on any atom is 0.287 e. The van der Waals surface area contributed by atoms with E-state index in [4.69, 9.17) is 14.5 Å². The van der Waals surface area contributed by atoms with Gasteiger partial charge in [-0.25, -0.2) is 9.97 Å². The van der Waals surface area contributed by atoms with Crippen LogP contribution in [0.25, 0.3) is 10.9 Å². The Kier molecular flexibility index (Phi) is 8.52. The van der Waals surface area contributed by atoms with E-state index in [0.29, 0.717) is 44.9 Å². The molecule has 0 saturated carbocycles. The highest BCUT2D eigenvalue weighted by Crippen LogP contribution is 2.36. The normalized spacial score (nSPS) is 12.1. The lowest BCUT2D eigenvalue weighted by Gasteiger charge is -2.15. The number of hydrogen-bond acceptors (Lipinski definition) is 8. The number of rotatable bonds is 9. The summed E-state index contributed by atoms with van der Waals surface area (Å²) in [7, 11) is 0. The quantitative estimate of drug-likeness (QED) is 0.111. The Balaban J connectivity index is 1.74. The fourth-order valence-electron chi connectivity index (χ4n) is 3.55. The minimum atomic E-state index is -0.533. The highest BCUT2D eigenvalue weighted by molar-refractivity contribution is 9.10. The number of hydrogen-bond donors (Lipinski definition) is 0. The molecule has 2 aromatic heterocycles. The van der Waals surface area contributed by atoms with Gasteiger partial charge in [0.05, 0.1) is 28.6 Å². The number of nitro groups is 1. The lowest BCUT2D eigenvalue weighted by atomic mass is 10.1. The molecule has 0 saturated heterocycles. The smallest absolute Gasteiger partial charge is 0.287 e. The first-order chi connectivity index (χ1) is 18.2. The molecule has 0 aliphatic carbocycles. The maximum atomic E-state index is 13.4. The van der Waals surface area contributed by atoms with Gasteiger partial charge in [-0.1, -0.05) is 29.8 Å². The van der Waals surface area contributed by atoms with Gasteiger partial charge in [0.25, 0.3) is 11.2 Å². The Bertz CT molecular complexity index is 1590. The molecule has 4 aromatic rings. The van der Waals surface area contributed by atoms with Crippen LogP contribution in [0.4, 0.5) is 5.69 Å². The van der Waals surface area contributed by atoms with Crippen LogP contribution in [0.3, 0.4) is 0 Å². The Morgan fingerprint density at radius 2 is 1.95 bits per heavy atom. The van der Waals surface area contributed by atoms with Crippen LogP contribution in [-0.2, 0) is 0 Å². The molecule has 0 unspecified atom stereocenters. The summed E-state index contributed by atoms with van der Waals surface area (Å²) >= 11 is 6.95. The van der Waals surface area contributed by atoms with Crippen molar-refractivity contribution < 1.29 is 14.4 Å². The van der Waals surface area contributed by atoms with Gasteiger partial charge in [0.1, 0.15) is 12.0 Å². The standard InChI is InChI=1S/C26H23Br2N5O5/c1-4-15(3)25-31-21-8-6-17(27)11-19(21)26(34)32(25)30-13-16-10-22(37-5-2)23(12-20(16)28)38-24-9-7-18(14-29-24)33(35)36/h6-15H,4-5H2,1-3H3/t15-/m0/s1. The van der Waals surface area contributed by atoms with Gasteiger partial charge in [-0.2, -0.15) is 9.78 Å². The zero-order valence-corrected chi connectivity index (χ0v) is 23.9. The average molecular weight is 645 g/mol. The highest BCUT2D eigenvalue weighted by atomic mass is 79.9. The number of benzene rings is 2. The second-order valence-corrected chi connectivity index (χ2v) is 10.0. The molecule has 4 rings (SSSR count). The van der Waals surface area contributed by atoms with Crippen LogP contribution >= 0.6 is 31.9 Å². The molecule has 0 N–H and O–H groups in total. The van der Waals surface area contributed by atoms with Crippen molar-refractivity contribution in [3.05, 3.63) is 89.5 Å². The molecule has 38 heavy (non-hydrogen) atoms.